The molecule has 0 bridgehead atoms. The molecule has 2 aliphatic rings. The van der Waals surface area contributed by atoms with Crippen LogP contribution in [0.4, 0.5) is 0 Å². The van der Waals surface area contributed by atoms with Gasteiger partial charge in [-0.2, -0.15) is 0 Å². The highest BCUT2D eigenvalue weighted by Gasteiger charge is 2.42. The molecule has 0 aromatic heterocycles. The van der Waals surface area contributed by atoms with Crippen LogP contribution in [0.2, 0.25) is 0 Å². The van der Waals surface area contributed by atoms with Crippen molar-refractivity contribution in [3.8, 4) is 0 Å². The van der Waals surface area contributed by atoms with Crippen LogP contribution in [0.1, 0.15) is 36.8 Å². The van der Waals surface area contributed by atoms with E-state index in [0.29, 0.717) is 6.04 Å². The summed E-state index contributed by atoms with van der Waals surface area (Å²) in [6.45, 7) is 4.65. The van der Waals surface area contributed by atoms with Gasteiger partial charge in [-0.1, -0.05) is 60.7 Å². The molecule has 2 fully saturated rings. The van der Waals surface area contributed by atoms with E-state index in [1.165, 1.54) is 12.0 Å². The molecule has 2 aromatic carbocycles. The topological polar surface area (TPSA) is 44.4 Å². The fraction of sp³-hybridized carbons (Fsp3) is 0.458. The van der Waals surface area contributed by atoms with Gasteiger partial charge in [-0.25, -0.2) is 0 Å². The lowest BCUT2D eigenvalue weighted by atomic mass is 9.72. The number of nitrogens with one attached hydrogen (secondary N) is 2. The van der Waals surface area contributed by atoms with Crippen LogP contribution in [0.15, 0.2) is 60.7 Å². The Morgan fingerprint density at radius 3 is 2.23 bits per heavy atom. The number of benzene rings is 2. The summed E-state index contributed by atoms with van der Waals surface area (Å²) in [5.74, 6) is 0.201. The largest absolute Gasteiger partial charge is 0.354 e. The predicted molar refractivity (Wildman–Crippen MR) is 128 cm³/mol. The molecule has 30 heavy (non-hydrogen) atoms. The maximum absolute atomic E-state index is 13.4. The maximum Gasteiger partial charge on any atom is 0.230 e. The van der Waals surface area contributed by atoms with Gasteiger partial charge in [-0.3, -0.25) is 9.69 Å². The van der Waals surface area contributed by atoms with Crippen LogP contribution in [-0.2, 0) is 16.8 Å². The first-order chi connectivity index (χ1) is 13.8. The van der Waals surface area contributed by atoms with Gasteiger partial charge in [-0.15, -0.1) is 24.8 Å². The Morgan fingerprint density at radius 2 is 1.63 bits per heavy atom. The molecule has 0 spiro atoms. The van der Waals surface area contributed by atoms with Crippen molar-refractivity contribution in [2.24, 2.45) is 0 Å². The number of piperidine rings is 1. The number of carbonyl (C=O) groups excluding carboxylic acids is 1. The molecular formula is C24H33Cl2N3O. The molecule has 4 nitrogen and oxygen atoms in total. The smallest absolute Gasteiger partial charge is 0.230 e. The second-order valence-electron chi connectivity index (χ2n) is 8.21. The van der Waals surface area contributed by atoms with Crippen molar-refractivity contribution in [1.29, 1.82) is 0 Å². The molecule has 0 radical (unpaired) electrons. The van der Waals surface area contributed by atoms with Crippen LogP contribution in [0.25, 0.3) is 0 Å². The second kappa shape index (κ2) is 11.7. The molecule has 0 saturated carbocycles. The Hall–Kier alpha value is -1.59. The third-order valence-corrected chi connectivity index (χ3v) is 6.39. The molecule has 6 heteroatoms. The molecule has 2 aromatic rings. The van der Waals surface area contributed by atoms with E-state index in [-0.39, 0.29) is 30.7 Å². The number of amides is 1. The van der Waals surface area contributed by atoms with Gasteiger partial charge in [0.25, 0.3) is 0 Å². The summed E-state index contributed by atoms with van der Waals surface area (Å²) >= 11 is 0. The fourth-order valence-electron chi connectivity index (χ4n) is 4.65. The van der Waals surface area contributed by atoms with E-state index in [2.05, 4.69) is 70.1 Å². The zero-order valence-electron chi connectivity index (χ0n) is 17.4. The molecule has 2 N–H and O–H groups in total. The molecule has 2 saturated heterocycles. The first kappa shape index (κ1) is 24.7. The Balaban J connectivity index is 0.00000160. The third kappa shape index (κ3) is 5.76. The first-order valence-electron chi connectivity index (χ1n) is 10.6. The lowest BCUT2D eigenvalue weighted by Gasteiger charge is -2.41. The number of rotatable bonds is 6. The summed E-state index contributed by atoms with van der Waals surface area (Å²) in [5.41, 5.74) is 2.09. The number of halogens is 2. The van der Waals surface area contributed by atoms with Crippen molar-refractivity contribution in [2.45, 2.75) is 43.7 Å². The number of hydrogen-bond acceptors (Lipinski definition) is 3. The van der Waals surface area contributed by atoms with Crippen LogP contribution in [0.5, 0.6) is 0 Å². The molecule has 2 aliphatic heterocycles. The average molecular weight is 450 g/mol. The fourth-order valence-corrected chi connectivity index (χ4v) is 4.65. The summed E-state index contributed by atoms with van der Waals surface area (Å²) in [5, 5.41) is 6.76. The van der Waals surface area contributed by atoms with E-state index in [1.54, 1.807) is 0 Å². The van der Waals surface area contributed by atoms with Crippen LogP contribution in [-0.4, -0.2) is 43.0 Å². The van der Waals surface area contributed by atoms with Gasteiger partial charge < -0.3 is 10.6 Å². The van der Waals surface area contributed by atoms with Crippen LogP contribution >= 0.6 is 24.8 Å². The zero-order chi connectivity index (χ0) is 19.2. The van der Waals surface area contributed by atoms with Crippen molar-refractivity contribution in [1.82, 2.24) is 15.5 Å². The lowest BCUT2D eigenvalue weighted by molar-refractivity contribution is -0.128. The van der Waals surface area contributed by atoms with E-state index in [9.17, 15) is 4.79 Å². The minimum Gasteiger partial charge on any atom is -0.354 e. The van der Waals surface area contributed by atoms with Crippen molar-refractivity contribution >= 4 is 30.7 Å². The van der Waals surface area contributed by atoms with E-state index in [1.807, 2.05) is 6.07 Å². The molecule has 164 valence electrons. The highest BCUT2D eigenvalue weighted by atomic mass is 35.5. The number of likely N-dealkylation sites (tertiary alicyclic amines) is 1. The number of nitrogens with zero attached hydrogens (tertiary/aromatic N) is 1. The van der Waals surface area contributed by atoms with Crippen LogP contribution in [0, 0.1) is 0 Å². The predicted octanol–water partition coefficient (Wildman–Crippen LogP) is 3.93. The van der Waals surface area contributed by atoms with E-state index in [0.717, 1.165) is 57.5 Å². The normalized spacial score (nSPS) is 20.6. The monoisotopic (exact) mass is 449 g/mol. The Morgan fingerprint density at radius 1 is 1.00 bits per heavy atom. The van der Waals surface area contributed by atoms with Gasteiger partial charge in [0.1, 0.15) is 0 Å². The van der Waals surface area contributed by atoms with Gasteiger partial charge in [-0.05, 0) is 56.4 Å². The summed E-state index contributed by atoms with van der Waals surface area (Å²) in [4.78, 5) is 15.9. The standard InChI is InChI=1S/C24H31N3O.2ClH/c28-23(26-18-22-12-7-15-25-22)24(21-10-5-2-6-11-21)13-16-27(17-14-24)19-20-8-3-1-4-9-20;;/h1-6,8-11,22,25H,7,12-19H2,(H,26,28);2*1H/t22-;;/m0../s1. The summed E-state index contributed by atoms with van der Waals surface area (Å²) in [6.07, 6.45) is 4.10. The molecule has 2 heterocycles. The van der Waals surface area contributed by atoms with Gasteiger partial charge in [0.05, 0.1) is 5.41 Å². The quantitative estimate of drug-likeness (QED) is 0.701. The van der Waals surface area contributed by atoms with Crippen molar-refractivity contribution in [2.75, 3.05) is 26.2 Å². The van der Waals surface area contributed by atoms with Gasteiger partial charge >= 0.3 is 0 Å². The van der Waals surface area contributed by atoms with Crippen molar-refractivity contribution in [3.63, 3.8) is 0 Å². The highest BCUT2D eigenvalue weighted by Crippen LogP contribution is 2.36. The maximum atomic E-state index is 13.4. The molecule has 1 atom stereocenters. The van der Waals surface area contributed by atoms with Gasteiger partial charge in [0.15, 0.2) is 0 Å². The molecule has 0 unspecified atom stereocenters. The second-order valence-corrected chi connectivity index (χ2v) is 8.21. The van der Waals surface area contributed by atoms with Gasteiger partial charge in [0.2, 0.25) is 5.91 Å². The van der Waals surface area contributed by atoms with Gasteiger partial charge in [0, 0.05) is 19.1 Å². The molecular weight excluding hydrogens is 417 g/mol. The molecule has 1 amide bonds. The minimum atomic E-state index is -0.410. The Kier molecular flexibility index (Phi) is 9.63. The summed E-state index contributed by atoms with van der Waals surface area (Å²) < 4.78 is 0. The number of carbonyl (C=O) groups is 1. The van der Waals surface area contributed by atoms with E-state index in [4.69, 9.17) is 0 Å². The summed E-state index contributed by atoms with van der Waals surface area (Å²) in [6, 6.07) is 21.4. The molecule has 0 aliphatic carbocycles. The summed E-state index contributed by atoms with van der Waals surface area (Å²) in [7, 11) is 0. The Labute approximate surface area is 192 Å². The highest BCUT2D eigenvalue weighted by molar-refractivity contribution is 5.88. The lowest BCUT2D eigenvalue weighted by Crippen LogP contribution is -2.53. The SMILES string of the molecule is Cl.Cl.O=C(NC[C@@H]1CCCN1)C1(c2ccccc2)CCN(Cc2ccccc2)CC1. The zero-order valence-corrected chi connectivity index (χ0v) is 19.0. The van der Waals surface area contributed by atoms with Crippen LogP contribution in [0.3, 0.4) is 0 Å². The number of hydrogen-bond donors (Lipinski definition) is 2. The molecule has 4 rings (SSSR count). The van der Waals surface area contributed by atoms with Crippen LogP contribution < -0.4 is 10.6 Å². The first-order valence-corrected chi connectivity index (χ1v) is 10.6. The van der Waals surface area contributed by atoms with Crippen molar-refractivity contribution < 1.29 is 4.79 Å². The third-order valence-electron chi connectivity index (χ3n) is 6.39. The minimum absolute atomic E-state index is 0. The van der Waals surface area contributed by atoms with E-state index >= 15 is 0 Å². The van der Waals surface area contributed by atoms with Crippen molar-refractivity contribution in [3.05, 3.63) is 71.8 Å². The van der Waals surface area contributed by atoms with E-state index < -0.39 is 5.41 Å². The average Bonchev–Trinajstić information content (AvgIpc) is 3.28. The Bertz CT molecular complexity index is 759.